The van der Waals surface area contributed by atoms with Gasteiger partial charge < -0.3 is 14.8 Å². The van der Waals surface area contributed by atoms with Crippen LogP contribution in [0.1, 0.15) is 24.0 Å². The normalized spacial score (nSPS) is 16.2. The fourth-order valence-electron chi connectivity index (χ4n) is 2.78. The van der Waals surface area contributed by atoms with Crippen LogP contribution in [0.5, 0.6) is 5.75 Å². The highest BCUT2D eigenvalue weighted by atomic mass is 16.6. The molecule has 2 aromatic rings. The minimum absolute atomic E-state index is 0.0584. The van der Waals surface area contributed by atoms with Crippen LogP contribution in [-0.2, 0) is 16.1 Å². The van der Waals surface area contributed by atoms with E-state index in [4.69, 9.17) is 4.84 Å². The molecule has 1 aliphatic rings. The maximum atomic E-state index is 12.4. The molecule has 0 radical (unpaired) electrons. The van der Waals surface area contributed by atoms with Gasteiger partial charge in [0.05, 0.1) is 12.1 Å². The first-order valence-electron chi connectivity index (χ1n) is 8.42. The summed E-state index contributed by atoms with van der Waals surface area (Å²) in [7, 11) is 1.82. The third kappa shape index (κ3) is 4.59. The van der Waals surface area contributed by atoms with E-state index in [-0.39, 0.29) is 17.8 Å². The van der Waals surface area contributed by atoms with Crippen LogP contribution in [0.25, 0.3) is 0 Å². The van der Waals surface area contributed by atoms with Gasteiger partial charge in [0.2, 0.25) is 5.91 Å². The smallest absolute Gasteiger partial charge is 0.226 e. The molecule has 1 amide bonds. The van der Waals surface area contributed by atoms with Crippen molar-refractivity contribution in [3.8, 4) is 5.75 Å². The summed E-state index contributed by atoms with van der Waals surface area (Å²) in [6, 6.07) is 17.0. The van der Waals surface area contributed by atoms with Gasteiger partial charge in [0, 0.05) is 20.0 Å². The Labute approximate surface area is 147 Å². The zero-order valence-electron chi connectivity index (χ0n) is 14.3. The Morgan fingerprint density at radius 3 is 2.64 bits per heavy atom. The number of amides is 1. The zero-order valence-corrected chi connectivity index (χ0v) is 14.3. The minimum Gasteiger partial charge on any atom is -0.508 e. The second-order valence-electron chi connectivity index (χ2n) is 6.27. The van der Waals surface area contributed by atoms with Gasteiger partial charge in [0.1, 0.15) is 11.9 Å². The number of oxime groups is 1. The van der Waals surface area contributed by atoms with Gasteiger partial charge in [-0.2, -0.15) is 0 Å². The number of benzene rings is 2. The number of carbonyl (C=O) groups excluding carboxylic acids is 1. The molecule has 1 N–H and O–H groups in total. The third-order valence-electron chi connectivity index (χ3n) is 4.34. The predicted octanol–water partition coefficient (Wildman–Crippen LogP) is 2.98. The van der Waals surface area contributed by atoms with Crippen LogP contribution >= 0.6 is 0 Å². The van der Waals surface area contributed by atoms with Crippen molar-refractivity contribution in [2.45, 2.75) is 25.4 Å². The van der Waals surface area contributed by atoms with Crippen LogP contribution in [0.4, 0.5) is 0 Å². The van der Waals surface area contributed by atoms with Gasteiger partial charge in [-0.1, -0.05) is 35.5 Å². The Balaban J connectivity index is 1.46. The van der Waals surface area contributed by atoms with E-state index in [0.29, 0.717) is 19.4 Å². The summed E-state index contributed by atoms with van der Waals surface area (Å²) in [5, 5.41) is 13.4. The molecule has 1 aliphatic heterocycles. The highest BCUT2D eigenvalue weighted by Gasteiger charge is 2.26. The molecule has 0 spiro atoms. The van der Waals surface area contributed by atoms with E-state index in [9.17, 15) is 9.90 Å². The van der Waals surface area contributed by atoms with Crippen molar-refractivity contribution in [3.05, 3.63) is 65.7 Å². The van der Waals surface area contributed by atoms with E-state index in [1.165, 1.54) is 5.56 Å². The summed E-state index contributed by atoms with van der Waals surface area (Å²) >= 11 is 0. The first-order chi connectivity index (χ1) is 12.1. The number of hydrogen-bond acceptors (Lipinski definition) is 4. The minimum atomic E-state index is -0.226. The van der Waals surface area contributed by atoms with Crippen molar-refractivity contribution in [1.82, 2.24) is 4.90 Å². The molecule has 1 heterocycles. The van der Waals surface area contributed by atoms with Crippen LogP contribution < -0.4 is 0 Å². The second-order valence-corrected chi connectivity index (χ2v) is 6.27. The number of likely N-dealkylation sites (N-methyl/N-ethyl adjacent to an activating group) is 1. The van der Waals surface area contributed by atoms with Crippen LogP contribution in [0.15, 0.2) is 59.8 Å². The molecule has 0 aliphatic carbocycles. The van der Waals surface area contributed by atoms with Crippen LogP contribution in [-0.4, -0.2) is 41.3 Å². The molecular weight excluding hydrogens is 316 g/mol. The summed E-state index contributed by atoms with van der Waals surface area (Å²) in [5.74, 6) is 0.276. The maximum Gasteiger partial charge on any atom is 0.226 e. The van der Waals surface area contributed by atoms with E-state index < -0.39 is 0 Å². The van der Waals surface area contributed by atoms with Gasteiger partial charge in [-0.3, -0.25) is 4.79 Å². The monoisotopic (exact) mass is 338 g/mol. The number of nitrogens with zero attached hydrogens (tertiary/aromatic N) is 2. The molecule has 0 bridgehead atoms. The molecule has 2 aromatic carbocycles. The van der Waals surface area contributed by atoms with Gasteiger partial charge in [-0.15, -0.1) is 0 Å². The summed E-state index contributed by atoms with van der Waals surface area (Å²) in [6.45, 7) is 0.682. The molecule has 5 heteroatoms. The van der Waals surface area contributed by atoms with Crippen molar-refractivity contribution in [1.29, 1.82) is 0 Å². The number of carbonyl (C=O) groups is 1. The summed E-state index contributed by atoms with van der Waals surface area (Å²) in [6.07, 6.45) is 1.53. The molecule has 1 atom stereocenters. The van der Waals surface area contributed by atoms with E-state index in [2.05, 4.69) is 17.3 Å². The molecule has 25 heavy (non-hydrogen) atoms. The first-order valence-corrected chi connectivity index (χ1v) is 8.42. The fourth-order valence-corrected chi connectivity index (χ4v) is 2.78. The lowest BCUT2D eigenvalue weighted by molar-refractivity contribution is -0.132. The highest BCUT2D eigenvalue weighted by molar-refractivity contribution is 6.01. The zero-order chi connectivity index (χ0) is 17.6. The van der Waals surface area contributed by atoms with Gasteiger partial charge in [0.15, 0.2) is 0 Å². The first kappa shape index (κ1) is 17.0. The standard InChI is InChI=1S/C20H22N2O3/c1-22(12-11-15-5-3-2-4-6-15)20(24)14-18-13-19(21-25-18)16-7-9-17(23)10-8-16/h2-10,18,23H,11-14H2,1H3. The average Bonchev–Trinajstić information content (AvgIpc) is 3.09. The second kappa shape index (κ2) is 7.83. The Bertz CT molecular complexity index is 741. The molecule has 3 rings (SSSR count). The highest BCUT2D eigenvalue weighted by Crippen LogP contribution is 2.21. The lowest BCUT2D eigenvalue weighted by Crippen LogP contribution is -2.31. The van der Waals surface area contributed by atoms with Gasteiger partial charge in [-0.25, -0.2) is 0 Å². The molecule has 5 nitrogen and oxygen atoms in total. The van der Waals surface area contributed by atoms with Crippen molar-refractivity contribution >= 4 is 11.6 Å². The SMILES string of the molecule is CN(CCc1ccccc1)C(=O)CC1CC(c2ccc(O)cc2)=NO1. The van der Waals surface area contributed by atoms with Crippen molar-refractivity contribution in [2.24, 2.45) is 5.16 Å². The summed E-state index contributed by atoms with van der Waals surface area (Å²) in [4.78, 5) is 19.5. The average molecular weight is 338 g/mol. The van der Waals surface area contributed by atoms with Crippen molar-refractivity contribution in [2.75, 3.05) is 13.6 Å². The molecule has 0 saturated carbocycles. The van der Waals surface area contributed by atoms with E-state index in [1.54, 1.807) is 29.2 Å². The molecule has 1 unspecified atom stereocenters. The number of rotatable bonds is 6. The summed E-state index contributed by atoms with van der Waals surface area (Å²) in [5.41, 5.74) is 2.94. The number of phenolic OH excluding ortho intramolecular Hbond substituents is 1. The number of aromatic hydroxyl groups is 1. The van der Waals surface area contributed by atoms with E-state index in [1.807, 2.05) is 25.2 Å². The van der Waals surface area contributed by atoms with E-state index >= 15 is 0 Å². The lowest BCUT2D eigenvalue weighted by Gasteiger charge is -2.18. The quantitative estimate of drug-likeness (QED) is 0.881. The maximum absolute atomic E-state index is 12.4. The van der Waals surface area contributed by atoms with Gasteiger partial charge in [-0.05, 0) is 41.8 Å². The Kier molecular flexibility index (Phi) is 5.33. The van der Waals surface area contributed by atoms with E-state index in [0.717, 1.165) is 17.7 Å². The van der Waals surface area contributed by atoms with Crippen molar-refractivity contribution in [3.63, 3.8) is 0 Å². The van der Waals surface area contributed by atoms with Crippen LogP contribution in [0.2, 0.25) is 0 Å². The molecule has 0 aromatic heterocycles. The molecule has 130 valence electrons. The fraction of sp³-hybridized carbons (Fsp3) is 0.300. The van der Waals surface area contributed by atoms with Crippen molar-refractivity contribution < 1.29 is 14.7 Å². The molecule has 0 saturated heterocycles. The largest absolute Gasteiger partial charge is 0.508 e. The van der Waals surface area contributed by atoms with Crippen LogP contribution in [0.3, 0.4) is 0 Å². The molecule has 0 fully saturated rings. The van der Waals surface area contributed by atoms with Gasteiger partial charge >= 0.3 is 0 Å². The molecular formula is C20H22N2O3. The topological polar surface area (TPSA) is 62.1 Å². The Morgan fingerprint density at radius 2 is 1.92 bits per heavy atom. The summed E-state index contributed by atoms with van der Waals surface area (Å²) < 4.78 is 0. The number of phenols is 1. The Morgan fingerprint density at radius 1 is 1.20 bits per heavy atom. The third-order valence-corrected chi connectivity index (χ3v) is 4.34. The van der Waals surface area contributed by atoms with Crippen LogP contribution in [0, 0.1) is 0 Å². The number of hydrogen-bond donors (Lipinski definition) is 1. The Hall–Kier alpha value is -2.82. The lowest BCUT2D eigenvalue weighted by atomic mass is 10.0. The van der Waals surface area contributed by atoms with Gasteiger partial charge in [0.25, 0.3) is 0 Å². The predicted molar refractivity (Wildman–Crippen MR) is 96.5 cm³/mol.